The molecule has 29 heavy (non-hydrogen) atoms. The van der Waals surface area contributed by atoms with Crippen LogP contribution < -0.4 is 15.6 Å². The smallest absolute Gasteiger partial charge is 0.276 e. The SMILES string of the molecule is C=C(NNC(=O)COc1ccc(C(C)(C)CC(C)(C)C)cc1)c1ccc(O)cc1. The standard InChI is InChI=1S/C24H32N2O3/c1-17(18-7-11-20(27)12-8-18)25-26-22(28)15-29-21-13-9-19(10-14-21)24(5,6)16-23(2,3)4/h7-14,25,27H,1,15-16H2,2-6H3,(H,26,28). The van der Waals surface area contributed by atoms with E-state index >= 15 is 0 Å². The lowest BCUT2D eigenvalue weighted by molar-refractivity contribution is -0.123. The molecular formula is C24H32N2O3. The van der Waals surface area contributed by atoms with E-state index in [1.54, 1.807) is 24.3 Å². The van der Waals surface area contributed by atoms with Gasteiger partial charge >= 0.3 is 0 Å². The zero-order valence-electron chi connectivity index (χ0n) is 18.0. The molecule has 5 heteroatoms. The fraction of sp³-hybridized carbons (Fsp3) is 0.375. The summed E-state index contributed by atoms with van der Waals surface area (Å²) < 4.78 is 5.58. The van der Waals surface area contributed by atoms with Gasteiger partial charge in [-0.05, 0) is 64.8 Å². The molecule has 0 bridgehead atoms. The lowest BCUT2D eigenvalue weighted by Crippen LogP contribution is -2.38. The first-order valence-corrected chi connectivity index (χ1v) is 9.73. The quantitative estimate of drug-likeness (QED) is 0.562. The highest BCUT2D eigenvalue weighted by Gasteiger charge is 2.27. The predicted molar refractivity (Wildman–Crippen MR) is 117 cm³/mol. The number of carbonyl (C=O) groups is 1. The van der Waals surface area contributed by atoms with Crippen molar-refractivity contribution in [2.45, 2.75) is 46.5 Å². The number of hydrazine groups is 1. The van der Waals surface area contributed by atoms with Crippen LogP contribution in [-0.4, -0.2) is 17.6 Å². The minimum absolute atomic E-state index is 0.0622. The van der Waals surface area contributed by atoms with Crippen molar-refractivity contribution >= 4 is 11.6 Å². The molecule has 1 amide bonds. The van der Waals surface area contributed by atoms with Crippen LogP contribution >= 0.6 is 0 Å². The summed E-state index contributed by atoms with van der Waals surface area (Å²) in [6, 6.07) is 14.4. The monoisotopic (exact) mass is 396 g/mol. The second-order valence-corrected chi connectivity index (χ2v) is 9.13. The van der Waals surface area contributed by atoms with Gasteiger partial charge in [-0.2, -0.15) is 0 Å². The lowest BCUT2D eigenvalue weighted by Gasteiger charge is -2.33. The number of hydrogen-bond donors (Lipinski definition) is 3. The molecule has 0 saturated heterocycles. The van der Waals surface area contributed by atoms with Gasteiger partial charge in [0.15, 0.2) is 6.61 Å². The van der Waals surface area contributed by atoms with Crippen LogP contribution in [0.1, 0.15) is 52.2 Å². The van der Waals surface area contributed by atoms with Crippen molar-refractivity contribution in [2.24, 2.45) is 5.41 Å². The Kier molecular flexibility index (Phi) is 6.96. The van der Waals surface area contributed by atoms with Gasteiger partial charge in [-0.25, -0.2) is 0 Å². The maximum absolute atomic E-state index is 12.0. The molecule has 0 aliphatic carbocycles. The molecule has 0 aliphatic rings. The Morgan fingerprint density at radius 2 is 1.55 bits per heavy atom. The maximum atomic E-state index is 12.0. The molecule has 3 N–H and O–H groups in total. The maximum Gasteiger partial charge on any atom is 0.276 e. The van der Waals surface area contributed by atoms with Crippen LogP contribution in [0, 0.1) is 5.41 Å². The predicted octanol–water partition coefficient (Wildman–Crippen LogP) is 4.78. The summed E-state index contributed by atoms with van der Waals surface area (Å²) in [5.74, 6) is 0.502. The molecular weight excluding hydrogens is 364 g/mol. The number of hydrogen-bond acceptors (Lipinski definition) is 4. The molecule has 0 radical (unpaired) electrons. The van der Waals surface area contributed by atoms with Crippen molar-refractivity contribution in [1.82, 2.24) is 10.9 Å². The van der Waals surface area contributed by atoms with Crippen molar-refractivity contribution in [2.75, 3.05) is 6.61 Å². The minimum atomic E-state index is -0.318. The van der Waals surface area contributed by atoms with Crippen LogP contribution in [0.4, 0.5) is 0 Å². The average Bonchev–Trinajstić information content (AvgIpc) is 2.63. The van der Waals surface area contributed by atoms with Crippen molar-refractivity contribution in [1.29, 1.82) is 0 Å². The number of rotatable bonds is 8. The molecule has 0 heterocycles. The van der Waals surface area contributed by atoms with Crippen LogP contribution in [0.2, 0.25) is 0 Å². The zero-order valence-corrected chi connectivity index (χ0v) is 18.0. The summed E-state index contributed by atoms with van der Waals surface area (Å²) in [7, 11) is 0. The average molecular weight is 397 g/mol. The van der Waals surface area contributed by atoms with Crippen molar-refractivity contribution in [3.05, 3.63) is 66.2 Å². The molecule has 0 aliphatic heterocycles. The summed E-state index contributed by atoms with van der Waals surface area (Å²) in [5, 5.41) is 9.31. The molecule has 2 aromatic carbocycles. The van der Waals surface area contributed by atoms with Crippen LogP contribution in [0.3, 0.4) is 0 Å². The number of aromatic hydroxyl groups is 1. The third kappa shape index (κ3) is 7.18. The first-order valence-electron chi connectivity index (χ1n) is 9.73. The zero-order chi connectivity index (χ0) is 21.7. The Morgan fingerprint density at radius 3 is 2.10 bits per heavy atom. The Hall–Kier alpha value is -2.95. The van der Waals surface area contributed by atoms with Gasteiger partial charge in [0, 0.05) is 0 Å². The summed E-state index contributed by atoms with van der Waals surface area (Å²) in [4.78, 5) is 12.0. The van der Waals surface area contributed by atoms with E-state index in [0.717, 1.165) is 12.0 Å². The first-order chi connectivity index (χ1) is 13.5. The number of phenols is 1. The number of benzene rings is 2. The van der Waals surface area contributed by atoms with Crippen LogP contribution in [-0.2, 0) is 10.2 Å². The molecule has 0 aromatic heterocycles. The van der Waals surface area contributed by atoms with E-state index in [1.807, 2.05) is 12.1 Å². The van der Waals surface area contributed by atoms with Crippen molar-refractivity contribution in [3.63, 3.8) is 0 Å². The molecule has 156 valence electrons. The number of nitrogens with one attached hydrogen (secondary N) is 2. The van der Waals surface area contributed by atoms with Crippen LogP contribution in [0.25, 0.3) is 5.70 Å². The Balaban J connectivity index is 1.82. The molecule has 2 aromatic rings. The van der Waals surface area contributed by atoms with Crippen LogP contribution in [0.5, 0.6) is 11.5 Å². The van der Waals surface area contributed by atoms with Gasteiger partial charge in [-0.3, -0.25) is 15.6 Å². The molecule has 2 rings (SSSR count). The molecule has 0 spiro atoms. The van der Waals surface area contributed by atoms with E-state index in [9.17, 15) is 9.90 Å². The first kappa shape index (κ1) is 22.3. The molecule has 0 atom stereocenters. The van der Waals surface area contributed by atoms with Gasteiger partial charge in [0.05, 0.1) is 5.70 Å². The third-order valence-electron chi connectivity index (χ3n) is 4.55. The van der Waals surface area contributed by atoms with Gasteiger partial charge in [-0.15, -0.1) is 0 Å². The Morgan fingerprint density at radius 1 is 0.966 bits per heavy atom. The van der Waals surface area contributed by atoms with E-state index in [-0.39, 0.29) is 29.1 Å². The number of ether oxygens (including phenoxy) is 1. The topological polar surface area (TPSA) is 70.6 Å². The number of amides is 1. The largest absolute Gasteiger partial charge is 0.508 e. The lowest BCUT2D eigenvalue weighted by atomic mass is 9.72. The Bertz CT molecular complexity index is 832. The van der Waals surface area contributed by atoms with E-state index in [0.29, 0.717) is 11.4 Å². The fourth-order valence-electron chi connectivity index (χ4n) is 3.50. The van der Waals surface area contributed by atoms with Gasteiger partial charge in [-0.1, -0.05) is 53.3 Å². The molecule has 0 fully saturated rings. The highest BCUT2D eigenvalue weighted by Crippen LogP contribution is 2.36. The van der Waals surface area contributed by atoms with Gasteiger partial charge < -0.3 is 9.84 Å². The van der Waals surface area contributed by atoms with E-state index in [4.69, 9.17) is 4.74 Å². The highest BCUT2D eigenvalue weighted by molar-refractivity contribution is 5.78. The minimum Gasteiger partial charge on any atom is -0.508 e. The summed E-state index contributed by atoms with van der Waals surface area (Å²) >= 11 is 0. The summed E-state index contributed by atoms with van der Waals surface area (Å²) in [6.45, 7) is 15.0. The van der Waals surface area contributed by atoms with Crippen molar-refractivity contribution in [3.8, 4) is 11.5 Å². The number of carbonyl (C=O) groups excluding carboxylic acids is 1. The summed E-state index contributed by atoms with van der Waals surface area (Å²) in [6.07, 6.45) is 1.07. The normalized spacial score (nSPS) is 11.6. The fourth-order valence-corrected chi connectivity index (χ4v) is 3.50. The molecule has 0 unspecified atom stereocenters. The van der Waals surface area contributed by atoms with Crippen LogP contribution in [0.15, 0.2) is 55.1 Å². The highest BCUT2D eigenvalue weighted by atomic mass is 16.5. The third-order valence-corrected chi connectivity index (χ3v) is 4.55. The van der Waals surface area contributed by atoms with Gasteiger partial charge in [0.1, 0.15) is 11.5 Å². The second-order valence-electron chi connectivity index (χ2n) is 9.13. The van der Waals surface area contributed by atoms with Crippen molar-refractivity contribution < 1.29 is 14.6 Å². The van der Waals surface area contributed by atoms with E-state index in [1.165, 1.54) is 5.56 Å². The van der Waals surface area contributed by atoms with Gasteiger partial charge in [0.25, 0.3) is 5.91 Å². The van der Waals surface area contributed by atoms with E-state index < -0.39 is 0 Å². The van der Waals surface area contributed by atoms with E-state index in [2.05, 4.69) is 64.2 Å². The van der Waals surface area contributed by atoms with Gasteiger partial charge in [0.2, 0.25) is 0 Å². The second kappa shape index (κ2) is 9.03. The molecule has 0 saturated carbocycles. The number of phenolic OH excluding ortho intramolecular Hbond substituents is 1. The summed E-state index contributed by atoms with van der Waals surface area (Å²) in [5.41, 5.74) is 8.13. The Labute approximate surface area is 173 Å². The molecule has 5 nitrogen and oxygen atoms in total.